The van der Waals surface area contributed by atoms with Gasteiger partial charge in [-0.15, -0.1) is 0 Å². The third-order valence-electron chi connectivity index (χ3n) is 2.59. The summed E-state index contributed by atoms with van der Waals surface area (Å²) in [5, 5.41) is 21.2. The van der Waals surface area contributed by atoms with Crippen LogP contribution >= 0.6 is 0 Å². The Morgan fingerprint density at radius 3 is 2.65 bits per heavy atom. The van der Waals surface area contributed by atoms with Crippen molar-refractivity contribution in [3.63, 3.8) is 0 Å². The second-order valence-electron chi connectivity index (χ2n) is 4.06. The summed E-state index contributed by atoms with van der Waals surface area (Å²) in [5.41, 5.74) is 6.19. The van der Waals surface area contributed by atoms with Gasteiger partial charge in [-0.1, -0.05) is 0 Å². The van der Waals surface area contributed by atoms with Crippen LogP contribution < -0.4 is 11.1 Å². The molecule has 1 heterocycles. The molecule has 2 aromatic rings. The number of carbonyl (C=O) groups is 3. The minimum absolute atomic E-state index is 0.210. The highest BCUT2D eigenvalue weighted by Crippen LogP contribution is 2.10. The Morgan fingerprint density at radius 1 is 1.30 bits per heavy atom. The Bertz CT molecular complexity index is 680. The number of nitrogens with zero attached hydrogens (tertiary/aromatic N) is 2. The van der Waals surface area contributed by atoms with E-state index < -0.39 is 30.2 Å². The van der Waals surface area contributed by atoms with Crippen LogP contribution in [-0.4, -0.2) is 44.3 Å². The molecule has 9 heteroatoms. The number of H-pyrrole nitrogens is 1. The van der Waals surface area contributed by atoms with E-state index in [-0.39, 0.29) is 5.56 Å². The predicted molar refractivity (Wildman–Crippen MR) is 66.6 cm³/mol. The Balaban J connectivity index is 2.17. The van der Waals surface area contributed by atoms with Crippen molar-refractivity contribution in [3.05, 3.63) is 23.8 Å². The number of benzene rings is 1. The molecule has 0 bridgehead atoms. The standard InChI is InChI=1S/C11H11N5O4/c12-9(17)4-8(11(19)20)13-10(18)5-1-2-6-7(3-5)15-16-14-6/h1-3,8H,4H2,(H2,12,17)(H,13,18)(H,19,20)(H,14,15,16)/t8-/m1/s1. The number of hydrogen-bond acceptors (Lipinski definition) is 5. The molecule has 2 amide bonds. The van der Waals surface area contributed by atoms with E-state index in [1.165, 1.54) is 12.1 Å². The molecule has 1 aromatic heterocycles. The van der Waals surface area contributed by atoms with E-state index in [1.807, 2.05) is 0 Å². The predicted octanol–water partition coefficient (Wildman–Crippen LogP) is -0.984. The van der Waals surface area contributed by atoms with Gasteiger partial charge >= 0.3 is 5.97 Å². The van der Waals surface area contributed by atoms with Gasteiger partial charge < -0.3 is 16.2 Å². The first-order chi connectivity index (χ1) is 9.47. The van der Waals surface area contributed by atoms with Crippen molar-refractivity contribution in [2.45, 2.75) is 12.5 Å². The molecule has 20 heavy (non-hydrogen) atoms. The van der Waals surface area contributed by atoms with E-state index in [0.29, 0.717) is 11.0 Å². The minimum Gasteiger partial charge on any atom is -0.480 e. The van der Waals surface area contributed by atoms with E-state index in [1.54, 1.807) is 6.07 Å². The molecule has 0 aliphatic heterocycles. The first-order valence-electron chi connectivity index (χ1n) is 5.60. The van der Waals surface area contributed by atoms with E-state index >= 15 is 0 Å². The van der Waals surface area contributed by atoms with Crippen LogP contribution in [0.5, 0.6) is 0 Å². The summed E-state index contributed by atoms with van der Waals surface area (Å²) in [6.07, 6.45) is -0.479. The normalized spacial score (nSPS) is 12.0. The molecule has 0 aliphatic carbocycles. The monoisotopic (exact) mass is 277 g/mol. The number of aromatic amines is 1. The number of nitrogens with one attached hydrogen (secondary N) is 2. The molecule has 104 valence electrons. The highest BCUT2D eigenvalue weighted by molar-refractivity contribution is 5.99. The van der Waals surface area contributed by atoms with Crippen molar-refractivity contribution in [2.24, 2.45) is 5.73 Å². The van der Waals surface area contributed by atoms with Crippen molar-refractivity contribution in [3.8, 4) is 0 Å². The number of aliphatic carboxylic acids is 1. The maximum absolute atomic E-state index is 11.9. The van der Waals surface area contributed by atoms with Crippen LogP contribution in [0, 0.1) is 0 Å². The lowest BCUT2D eigenvalue weighted by Crippen LogP contribution is -2.43. The summed E-state index contributed by atoms with van der Waals surface area (Å²) < 4.78 is 0. The molecule has 1 atom stereocenters. The third kappa shape index (κ3) is 2.88. The molecule has 0 aliphatic rings. The molecule has 0 fully saturated rings. The smallest absolute Gasteiger partial charge is 0.326 e. The van der Waals surface area contributed by atoms with Gasteiger partial charge in [-0.25, -0.2) is 4.79 Å². The van der Waals surface area contributed by atoms with E-state index in [4.69, 9.17) is 10.8 Å². The van der Waals surface area contributed by atoms with Gasteiger partial charge in [0, 0.05) is 5.56 Å². The fourth-order valence-corrected chi connectivity index (χ4v) is 1.62. The first-order valence-corrected chi connectivity index (χ1v) is 5.60. The Hall–Kier alpha value is -2.97. The molecular formula is C11H11N5O4. The number of carboxylic acid groups (broad SMARTS) is 1. The summed E-state index contributed by atoms with van der Waals surface area (Å²) in [5.74, 6) is -2.78. The second-order valence-corrected chi connectivity index (χ2v) is 4.06. The van der Waals surface area contributed by atoms with Crippen LogP contribution in [0.15, 0.2) is 18.2 Å². The van der Waals surface area contributed by atoms with Crippen LogP contribution in [0.3, 0.4) is 0 Å². The maximum Gasteiger partial charge on any atom is 0.326 e. The quantitative estimate of drug-likeness (QED) is 0.551. The zero-order valence-electron chi connectivity index (χ0n) is 10.2. The van der Waals surface area contributed by atoms with Crippen LogP contribution in [0.2, 0.25) is 0 Å². The molecular weight excluding hydrogens is 266 g/mol. The fourth-order valence-electron chi connectivity index (χ4n) is 1.62. The molecule has 1 aromatic carbocycles. The lowest BCUT2D eigenvalue weighted by molar-refractivity contribution is -0.140. The molecule has 0 spiro atoms. The molecule has 0 saturated heterocycles. The zero-order chi connectivity index (χ0) is 14.7. The SMILES string of the molecule is NC(=O)C[C@@H](NC(=O)c1ccc2n[nH]nc2c1)C(=O)O. The number of carbonyl (C=O) groups excluding carboxylic acids is 2. The highest BCUT2D eigenvalue weighted by atomic mass is 16.4. The average Bonchev–Trinajstić information content (AvgIpc) is 2.84. The van der Waals surface area contributed by atoms with Crippen molar-refractivity contribution >= 4 is 28.8 Å². The lowest BCUT2D eigenvalue weighted by atomic mass is 10.1. The third-order valence-corrected chi connectivity index (χ3v) is 2.59. The lowest BCUT2D eigenvalue weighted by Gasteiger charge is -2.12. The number of nitrogens with two attached hydrogens (primary N) is 1. The number of primary amides is 1. The van der Waals surface area contributed by atoms with Crippen LogP contribution in [0.25, 0.3) is 11.0 Å². The number of fused-ring (bicyclic) bond motifs is 1. The molecule has 5 N–H and O–H groups in total. The summed E-state index contributed by atoms with van der Waals surface area (Å²) in [4.78, 5) is 33.6. The summed E-state index contributed by atoms with van der Waals surface area (Å²) in [6, 6.07) is 3.13. The van der Waals surface area contributed by atoms with Crippen LogP contribution in [0.4, 0.5) is 0 Å². The van der Waals surface area contributed by atoms with Crippen molar-refractivity contribution in [1.82, 2.24) is 20.7 Å². The Kier molecular flexibility index (Phi) is 3.60. The summed E-state index contributed by atoms with van der Waals surface area (Å²) in [7, 11) is 0. The minimum atomic E-state index is -1.37. The summed E-state index contributed by atoms with van der Waals surface area (Å²) in [6.45, 7) is 0. The first kappa shape index (κ1) is 13.5. The van der Waals surface area contributed by atoms with Gasteiger partial charge in [-0.3, -0.25) is 9.59 Å². The molecule has 0 saturated carbocycles. The average molecular weight is 277 g/mol. The number of rotatable bonds is 5. The zero-order valence-corrected chi connectivity index (χ0v) is 10.2. The van der Waals surface area contributed by atoms with E-state index in [0.717, 1.165) is 0 Å². The summed E-state index contributed by atoms with van der Waals surface area (Å²) >= 11 is 0. The van der Waals surface area contributed by atoms with Crippen molar-refractivity contribution in [1.29, 1.82) is 0 Å². The van der Waals surface area contributed by atoms with Gasteiger partial charge in [-0.2, -0.15) is 15.4 Å². The van der Waals surface area contributed by atoms with Gasteiger partial charge in [-0.05, 0) is 18.2 Å². The van der Waals surface area contributed by atoms with Crippen LogP contribution in [-0.2, 0) is 9.59 Å². The Labute approximate surface area is 112 Å². The molecule has 0 unspecified atom stereocenters. The molecule has 0 radical (unpaired) electrons. The van der Waals surface area contributed by atoms with Gasteiger partial charge in [0.2, 0.25) is 5.91 Å². The number of hydrogen-bond donors (Lipinski definition) is 4. The largest absolute Gasteiger partial charge is 0.480 e. The van der Waals surface area contributed by atoms with Gasteiger partial charge in [0.15, 0.2) is 0 Å². The van der Waals surface area contributed by atoms with E-state index in [2.05, 4.69) is 20.7 Å². The van der Waals surface area contributed by atoms with Gasteiger partial charge in [0.1, 0.15) is 17.1 Å². The highest BCUT2D eigenvalue weighted by Gasteiger charge is 2.22. The van der Waals surface area contributed by atoms with Crippen molar-refractivity contribution < 1.29 is 19.5 Å². The Morgan fingerprint density at radius 2 is 2.00 bits per heavy atom. The van der Waals surface area contributed by atoms with Gasteiger partial charge in [0.25, 0.3) is 5.91 Å². The van der Waals surface area contributed by atoms with Crippen LogP contribution in [0.1, 0.15) is 16.8 Å². The molecule has 2 rings (SSSR count). The van der Waals surface area contributed by atoms with E-state index in [9.17, 15) is 14.4 Å². The number of aromatic nitrogens is 3. The van der Waals surface area contributed by atoms with Gasteiger partial charge in [0.05, 0.1) is 6.42 Å². The molecule has 9 nitrogen and oxygen atoms in total. The number of carboxylic acids is 1. The maximum atomic E-state index is 11.9. The second kappa shape index (κ2) is 5.34. The number of amides is 2. The topological polar surface area (TPSA) is 151 Å². The fraction of sp³-hybridized carbons (Fsp3) is 0.182. The van der Waals surface area contributed by atoms with Crippen molar-refractivity contribution in [2.75, 3.05) is 0 Å².